The average Bonchev–Trinajstić information content (AvgIpc) is 2.96. The second-order valence-electron chi connectivity index (χ2n) is 4.81. The Hall–Kier alpha value is -1.95. The SMILES string of the molecule is Fc1ccccc1OCc1nc([C@@H]2CCCNC2)no1. The topological polar surface area (TPSA) is 60.2 Å². The fourth-order valence-corrected chi connectivity index (χ4v) is 2.27. The summed E-state index contributed by atoms with van der Waals surface area (Å²) < 4.78 is 23.9. The van der Waals surface area contributed by atoms with Gasteiger partial charge in [0.1, 0.15) is 0 Å². The highest BCUT2D eigenvalue weighted by atomic mass is 19.1. The quantitative estimate of drug-likeness (QED) is 0.928. The third-order valence-corrected chi connectivity index (χ3v) is 3.33. The Labute approximate surface area is 116 Å². The minimum Gasteiger partial charge on any atom is -0.481 e. The molecule has 6 heteroatoms. The van der Waals surface area contributed by atoms with Gasteiger partial charge in [-0.05, 0) is 31.5 Å². The Morgan fingerprint density at radius 2 is 2.30 bits per heavy atom. The fraction of sp³-hybridized carbons (Fsp3) is 0.429. The van der Waals surface area contributed by atoms with Crippen molar-refractivity contribution in [1.29, 1.82) is 0 Å². The van der Waals surface area contributed by atoms with E-state index in [0.29, 0.717) is 11.7 Å². The van der Waals surface area contributed by atoms with Crippen molar-refractivity contribution >= 4 is 0 Å². The monoisotopic (exact) mass is 277 g/mol. The van der Waals surface area contributed by atoms with Gasteiger partial charge in [0, 0.05) is 12.5 Å². The van der Waals surface area contributed by atoms with Crippen molar-refractivity contribution < 1.29 is 13.7 Å². The first-order valence-electron chi connectivity index (χ1n) is 6.73. The van der Waals surface area contributed by atoms with Gasteiger partial charge in [-0.25, -0.2) is 4.39 Å². The van der Waals surface area contributed by atoms with Gasteiger partial charge in [0.2, 0.25) is 0 Å². The number of halogens is 1. The second-order valence-corrected chi connectivity index (χ2v) is 4.81. The number of benzene rings is 1. The summed E-state index contributed by atoms with van der Waals surface area (Å²) in [6.45, 7) is 1.98. The Kier molecular flexibility index (Phi) is 3.92. The molecule has 1 N–H and O–H groups in total. The van der Waals surface area contributed by atoms with Crippen LogP contribution in [0.15, 0.2) is 28.8 Å². The van der Waals surface area contributed by atoms with E-state index in [4.69, 9.17) is 9.26 Å². The molecule has 1 aliphatic rings. The first-order valence-corrected chi connectivity index (χ1v) is 6.73. The normalized spacial score (nSPS) is 18.9. The smallest absolute Gasteiger partial charge is 0.264 e. The zero-order valence-electron chi connectivity index (χ0n) is 11.0. The molecule has 1 aromatic heterocycles. The number of rotatable bonds is 4. The number of aromatic nitrogens is 2. The summed E-state index contributed by atoms with van der Waals surface area (Å²) in [7, 11) is 0. The molecule has 1 fully saturated rings. The molecule has 5 nitrogen and oxygen atoms in total. The van der Waals surface area contributed by atoms with E-state index in [9.17, 15) is 4.39 Å². The van der Waals surface area contributed by atoms with Gasteiger partial charge >= 0.3 is 0 Å². The third-order valence-electron chi connectivity index (χ3n) is 3.33. The van der Waals surface area contributed by atoms with Crippen LogP contribution in [0.3, 0.4) is 0 Å². The predicted octanol–water partition coefficient (Wildman–Crippen LogP) is 2.25. The molecule has 20 heavy (non-hydrogen) atoms. The Morgan fingerprint density at radius 3 is 3.10 bits per heavy atom. The molecule has 1 aliphatic heterocycles. The lowest BCUT2D eigenvalue weighted by atomic mass is 9.99. The maximum absolute atomic E-state index is 13.4. The Balaban J connectivity index is 1.61. The summed E-state index contributed by atoms with van der Waals surface area (Å²) in [4.78, 5) is 4.31. The van der Waals surface area contributed by atoms with E-state index >= 15 is 0 Å². The molecule has 2 heterocycles. The van der Waals surface area contributed by atoms with Crippen molar-refractivity contribution in [2.24, 2.45) is 0 Å². The van der Waals surface area contributed by atoms with Crippen molar-refractivity contribution in [3.8, 4) is 5.75 Å². The Morgan fingerprint density at radius 1 is 1.40 bits per heavy atom. The summed E-state index contributed by atoms with van der Waals surface area (Å²) in [5.41, 5.74) is 0. The molecule has 0 amide bonds. The van der Waals surface area contributed by atoms with Crippen LogP contribution in [0.5, 0.6) is 5.75 Å². The minimum absolute atomic E-state index is 0.0775. The third kappa shape index (κ3) is 2.96. The van der Waals surface area contributed by atoms with E-state index in [0.717, 1.165) is 25.9 Å². The van der Waals surface area contributed by atoms with Crippen LogP contribution in [-0.4, -0.2) is 23.2 Å². The molecule has 0 saturated carbocycles. The van der Waals surface area contributed by atoms with Crippen molar-refractivity contribution in [3.05, 3.63) is 41.8 Å². The van der Waals surface area contributed by atoms with E-state index in [1.165, 1.54) is 6.07 Å². The van der Waals surface area contributed by atoms with Gasteiger partial charge in [-0.3, -0.25) is 0 Å². The number of hydrogen-bond donors (Lipinski definition) is 1. The van der Waals surface area contributed by atoms with Gasteiger partial charge in [-0.15, -0.1) is 0 Å². The zero-order valence-corrected chi connectivity index (χ0v) is 11.0. The summed E-state index contributed by atoms with van der Waals surface area (Å²) in [6, 6.07) is 6.24. The van der Waals surface area contributed by atoms with Crippen molar-refractivity contribution in [2.75, 3.05) is 13.1 Å². The molecular weight excluding hydrogens is 261 g/mol. The van der Waals surface area contributed by atoms with Crippen molar-refractivity contribution in [2.45, 2.75) is 25.4 Å². The van der Waals surface area contributed by atoms with Gasteiger partial charge in [0.25, 0.3) is 5.89 Å². The molecule has 1 saturated heterocycles. The second kappa shape index (κ2) is 6.00. The zero-order chi connectivity index (χ0) is 13.8. The predicted molar refractivity (Wildman–Crippen MR) is 69.9 cm³/mol. The molecule has 106 valence electrons. The first kappa shape index (κ1) is 13.1. The largest absolute Gasteiger partial charge is 0.481 e. The van der Waals surface area contributed by atoms with Crippen LogP contribution in [0.1, 0.15) is 30.5 Å². The maximum Gasteiger partial charge on any atom is 0.264 e. The highest BCUT2D eigenvalue weighted by Crippen LogP contribution is 2.21. The highest BCUT2D eigenvalue weighted by molar-refractivity contribution is 5.23. The van der Waals surface area contributed by atoms with Crippen LogP contribution in [0.4, 0.5) is 4.39 Å². The van der Waals surface area contributed by atoms with E-state index in [1.807, 2.05) is 0 Å². The van der Waals surface area contributed by atoms with Crippen LogP contribution < -0.4 is 10.1 Å². The minimum atomic E-state index is -0.399. The van der Waals surface area contributed by atoms with Gasteiger partial charge in [-0.1, -0.05) is 17.3 Å². The van der Waals surface area contributed by atoms with Gasteiger partial charge in [0.05, 0.1) is 0 Å². The van der Waals surface area contributed by atoms with Crippen LogP contribution in [0.25, 0.3) is 0 Å². The molecule has 1 aromatic carbocycles. The van der Waals surface area contributed by atoms with Gasteiger partial charge in [0.15, 0.2) is 24.0 Å². The number of hydrogen-bond acceptors (Lipinski definition) is 5. The molecular formula is C14H16FN3O2. The number of para-hydroxylation sites is 1. The molecule has 0 unspecified atom stereocenters. The molecule has 0 radical (unpaired) electrons. The highest BCUT2D eigenvalue weighted by Gasteiger charge is 2.20. The van der Waals surface area contributed by atoms with E-state index < -0.39 is 5.82 Å². The molecule has 0 spiro atoms. The standard InChI is InChI=1S/C14H16FN3O2/c15-11-5-1-2-6-12(11)19-9-13-17-14(18-20-13)10-4-3-7-16-8-10/h1-2,5-6,10,16H,3-4,7-9H2/t10-/m1/s1. The van der Waals surface area contributed by atoms with E-state index in [2.05, 4.69) is 15.5 Å². The van der Waals surface area contributed by atoms with E-state index in [1.54, 1.807) is 18.2 Å². The van der Waals surface area contributed by atoms with Crippen LogP contribution in [-0.2, 0) is 6.61 Å². The summed E-state index contributed by atoms with van der Waals surface area (Å²) in [5.74, 6) is 1.14. The number of piperidine rings is 1. The number of nitrogens with one attached hydrogen (secondary N) is 1. The average molecular weight is 277 g/mol. The van der Waals surface area contributed by atoms with Gasteiger partial charge in [-0.2, -0.15) is 4.98 Å². The summed E-state index contributed by atoms with van der Waals surface area (Å²) in [6.07, 6.45) is 2.17. The summed E-state index contributed by atoms with van der Waals surface area (Å²) >= 11 is 0. The number of ether oxygens (including phenoxy) is 1. The van der Waals surface area contributed by atoms with Crippen molar-refractivity contribution in [1.82, 2.24) is 15.5 Å². The van der Waals surface area contributed by atoms with Crippen LogP contribution >= 0.6 is 0 Å². The Bertz CT molecular complexity index is 567. The lowest BCUT2D eigenvalue weighted by molar-refractivity contribution is 0.233. The van der Waals surface area contributed by atoms with E-state index in [-0.39, 0.29) is 18.3 Å². The first-order chi connectivity index (χ1) is 9.83. The maximum atomic E-state index is 13.4. The molecule has 1 atom stereocenters. The summed E-state index contributed by atoms with van der Waals surface area (Å²) in [5, 5.41) is 7.28. The lowest BCUT2D eigenvalue weighted by Gasteiger charge is -2.19. The fourth-order valence-electron chi connectivity index (χ4n) is 2.27. The van der Waals surface area contributed by atoms with Crippen LogP contribution in [0.2, 0.25) is 0 Å². The van der Waals surface area contributed by atoms with Crippen LogP contribution in [0, 0.1) is 5.82 Å². The number of nitrogens with zero attached hydrogens (tertiary/aromatic N) is 2. The van der Waals surface area contributed by atoms with Gasteiger partial charge < -0.3 is 14.6 Å². The molecule has 0 bridgehead atoms. The van der Waals surface area contributed by atoms with Crippen molar-refractivity contribution in [3.63, 3.8) is 0 Å². The molecule has 0 aliphatic carbocycles. The lowest BCUT2D eigenvalue weighted by Crippen LogP contribution is -2.28. The molecule has 2 aromatic rings. The molecule has 3 rings (SSSR count).